The van der Waals surface area contributed by atoms with Gasteiger partial charge in [-0.1, -0.05) is 18.2 Å². The summed E-state index contributed by atoms with van der Waals surface area (Å²) in [5, 5.41) is 2.56. The summed E-state index contributed by atoms with van der Waals surface area (Å²) in [6.45, 7) is 1.50. The lowest BCUT2D eigenvalue weighted by molar-refractivity contribution is -0.286. The van der Waals surface area contributed by atoms with Gasteiger partial charge < -0.3 is 19.5 Å². The minimum absolute atomic E-state index is 0.128. The minimum atomic E-state index is -3.74. The summed E-state index contributed by atoms with van der Waals surface area (Å²) in [6, 6.07) is 10.7. The van der Waals surface area contributed by atoms with Gasteiger partial charge in [-0.15, -0.1) is 8.78 Å². The van der Waals surface area contributed by atoms with E-state index in [2.05, 4.69) is 14.8 Å². The number of halogens is 2. The highest BCUT2D eigenvalue weighted by molar-refractivity contribution is 6.02. The van der Waals surface area contributed by atoms with Crippen LogP contribution >= 0.6 is 0 Å². The summed E-state index contributed by atoms with van der Waals surface area (Å²) in [5.41, 5.74) is -0.0906. The van der Waals surface area contributed by atoms with Crippen molar-refractivity contribution in [2.75, 3.05) is 5.32 Å². The van der Waals surface area contributed by atoms with E-state index in [1.807, 2.05) is 0 Å². The Bertz CT molecular complexity index is 930. The fraction of sp³-hybridized carbons (Fsp3) is 0.222. The number of fused-ring (bicyclic) bond motifs is 2. The number of carbonyl (C=O) groups is 2. The van der Waals surface area contributed by atoms with E-state index >= 15 is 0 Å². The Hall–Kier alpha value is -3.16. The van der Waals surface area contributed by atoms with Crippen LogP contribution in [0.5, 0.6) is 11.5 Å². The fourth-order valence-corrected chi connectivity index (χ4v) is 2.95. The summed E-state index contributed by atoms with van der Waals surface area (Å²) >= 11 is 0. The van der Waals surface area contributed by atoms with Crippen LogP contribution in [0, 0.1) is 0 Å². The molecule has 2 aromatic carbocycles. The molecule has 1 atom stereocenters. The van der Waals surface area contributed by atoms with Crippen LogP contribution in [-0.4, -0.2) is 23.8 Å². The summed E-state index contributed by atoms with van der Waals surface area (Å²) in [4.78, 5) is 24.8. The lowest BCUT2D eigenvalue weighted by Crippen LogP contribution is -2.48. The second-order valence-electron chi connectivity index (χ2n) is 6.24. The molecule has 1 N–H and O–H groups in total. The van der Waals surface area contributed by atoms with E-state index < -0.39 is 23.8 Å². The van der Waals surface area contributed by atoms with Crippen LogP contribution in [0.2, 0.25) is 0 Å². The van der Waals surface area contributed by atoms with Crippen LogP contribution in [0.1, 0.15) is 22.8 Å². The molecule has 0 saturated carbocycles. The Balaban J connectivity index is 1.55. The first-order valence-electron chi connectivity index (χ1n) is 7.78. The summed E-state index contributed by atoms with van der Waals surface area (Å²) in [7, 11) is 0. The van der Waals surface area contributed by atoms with Gasteiger partial charge in [0.05, 0.1) is 5.56 Å². The smallest absolute Gasteiger partial charge is 0.445 e. The second-order valence-corrected chi connectivity index (χ2v) is 6.24. The number of amides is 1. The Morgan fingerprint density at radius 3 is 2.62 bits per heavy atom. The first-order chi connectivity index (χ1) is 12.3. The number of carbonyl (C=O) groups excluding carboxylic acids is 2. The van der Waals surface area contributed by atoms with E-state index in [0.29, 0.717) is 11.1 Å². The molecule has 134 valence electrons. The molecule has 1 amide bonds. The monoisotopic (exact) mass is 361 g/mol. The zero-order chi connectivity index (χ0) is 18.5. The van der Waals surface area contributed by atoms with Gasteiger partial charge in [-0.05, 0) is 30.7 Å². The number of anilines is 1. The van der Waals surface area contributed by atoms with Crippen molar-refractivity contribution in [3.05, 3.63) is 53.6 Å². The molecule has 0 radical (unpaired) electrons. The largest absolute Gasteiger partial charge is 0.586 e. The van der Waals surface area contributed by atoms with Crippen LogP contribution in [-0.2, 0) is 16.0 Å². The van der Waals surface area contributed by atoms with Gasteiger partial charge in [0.2, 0.25) is 0 Å². The molecular weight excluding hydrogens is 348 g/mol. The van der Waals surface area contributed by atoms with Gasteiger partial charge in [0.25, 0.3) is 5.91 Å². The van der Waals surface area contributed by atoms with Crippen molar-refractivity contribution in [1.29, 1.82) is 0 Å². The lowest BCUT2D eigenvalue weighted by Gasteiger charge is -2.33. The van der Waals surface area contributed by atoms with Gasteiger partial charge in [0.15, 0.2) is 17.1 Å². The molecule has 4 rings (SSSR count). The first kappa shape index (κ1) is 16.3. The zero-order valence-electron chi connectivity index (χ0n) is 13.5. The average Bonchev–Trinajstić information content (AvgIpc) is 2.88. The molecular formula is C18H13F2NO5. The average molecular weight is 361 g/mol. The molecule has 26 heavy (non-hydrogen) atoms. The number of ether oxygens (including phenoxy) is 3. The van der Waals surface area contributed by atoms with Gasteiger partial charge in [-0.3, -0.25) is 4.79 Å². The van der Waals surface area contributed by atoms with E-state index in [-0.39, 0.29) is 23.6 Å². The lowest BCUT2D eigenvalue weighted by atomic mass is 9.89. The molecule has 8 heteroatoms. The Labute approximate surface area is 146 Å². The highest BCUT2D eigenvalue weighted by atomic mass is 19.3. The minimum Gasteiger partial charge on any atom is -0.445 e. The first-order valence-corrected chi connectivity index (χ1v) is 7.78. The van der Waals surface area contributed by atoms with Crippen LogP contribution in [0.15, 0.2) is 42.5 Å². The second kappa shape index (κ2) is 5.42. The molecule has 6 nitrogen and oxygen atoms in total. The van der Waals surface area contributed by atoms with Crippen molar-refractivity contribution in [2.24, 2.45) is 0 Å². The maximum Gasteiger partial charge on any atom is 0.586 e. The molecule has 0 aliphatic carbocycles. The summed E-state index contributed by atoms with van der Waals surface area (Å²) < 4.78 is 40.2. The molecule has 2 aliphatic rings. The van der Waals surface area contributed by atoms with Crippen LogP contribution in [0.4, 0.5) is 14.5 Å². The van der Waals surface area contributed by atoms with Crippen molar-refractivity contribution >= 4 is 17.6 Å². The summed E-state index contributed by atoms with van der Waals surface area (Å²) in [6.07, 6.45) is -3.54. The number of benzene rings is 2. The number of esters is 1. The highest BCUT2D eigenvalue weighted by Crippen LogP contribution is 2.42. The number of alkyl halides is 2. The molecule has 2 heterocycles. The molecule has 2 aliphatic heterocycles. The van der Waals surface area contributed by atoms with E-state index in [1.54, 1.807) is 24.3 Å². The molecule has 0 bridgehead atoms. The van der Waals surface area contributed by atoms with Crippen LogP contribution < -0.4 is 14.8 Å². The van der Waals surface area contributed by atoms with Gasteiger partial charge in [-0.25, -0.2) is 4.79 Å². The van der Waals surface area contributed by atoms with Crippen molar-refractivity contribution in [1.82, 2.24) is 0 Å². The Kier molecular flexibility index (Phi) is 3.40. The van der Waals surface area contributed by atoms with Crippen molar-refractivity contribution in [3.63, 3.8) is 0 Å². The van der Waals surface area contributed by atoms with E-state index in [0.717, 1.165) is 0 Å². The van der Waals surface area contributed by atoms with Gasteiger partial charge in [0, 0.05) is 18.2 Å². The topological polar surface area (TPSA) is 73.9 Å². The fourth-order valence-electron chi connectivity index (χ4n) is 2.95. The maximum atomic E-state index is 13.1. The zero-order valence-corrected chi connectivity index (χ0v) is 13.5. The van der Waals surface area contributed by atoms with Gasteiger partial charge in [0.1, 0.15) is 0 Å². The molecule has 1 unspecified atom stereocenters. The molecule has 0 aromatic heterocycles. The van der Waals surface area contributed by atoms with Gasteiger partial charge >= 0.3 is 12.3 Å². The number of hydrogen-bond donors (Lipinski definition) is 1. The Morgan fingerprint density at radius 1 is 1.08 bits per heavy atom. The third kappa shape index (κ3) is 2.73. The number of hydrogen-bond acceptors (Lipinski definition) is 5. The number of nitrogens with one attached hydrogen (secondary N) is 1. The molecule has 0 spiro atoms. The Morgan fingerprint density at radius 2 is 1.81 bits per heavy atom. The molecule has 0 fully saturated rings. The van der Waals surface area contributed by atoms with E-state index in [4.69, 9.17) is 4.74 Å². The highest BCUT2D eigenvalue weighted by Gasteiger charge is 2.45. The van der Waals surface area contributed by atoms with Crippen LogP contribution in [0.3, 0.4) is 0 Å². The van der Waals surface area contributed by atoms with Gasteiger partial charge in [-0.2, -0.15) is 0 Å². The molecule has 0 saturated heterocycles. The van der Waals surface area contributed by atoms with Crippen LogP contribution in [0.25, 0.3) is 0 Å². The standard InChI is InChI=1S/C18H13F2NO5/c1-17(9-10-4-2-3-5-12(10)15(22)26-17)16(23)21-11-6-7-13-14(8-11)25-18(19,20)24-13/h2-8H,9H2,1H3,(H,21,23). The predicted octanol–water partition coefficient (Wildman–Crippen LogP) is 3.12. The SMILES string of the molecule is CC1(C(=O)Nc2ccc3c(c2)OC(F)(F)O3)Cc2ccccc2C(=O)O1. The third-order valence-electron chi connectivity index (χ3n) is 4.22. The predicted molar refractivity (Wildman–Crippen MR) is 85.2 cm³/mol. The third-order valence-corrected chi connectivity index (χ3v) is 4.22. The molecule has 2 aromatic rings. The summed E-state index contributed by atoms with van der Waals surface area (Å²) in [5.74, 6) is -1.48. The normalized spacial score (nSPS) is 22.3. The van der Waals surface area contributed by atoms with Crippen molar-refractivity contribution in [3.8, 4) is 11.5 Å². The number of rotatable bonds is 2. The maximum absolute atomic E-state index is 13.1. The number of cyclic esters (lactones) is 1. The van der Waals surface area contributed by atoms with E-state index in [9.17, 15) is 18.4 Å². The quantitative estimate of drug-likeness (QED) is 0.832. The van der Waals surface area contributed by atoms with E-state index in [1.165, 1.54) is 25.1 Å². The van der Waals surface area contributed by atoms with Crippen molar-refractivity contribution < 1.29 is 32.6 Å². The van der Waals surface area contributed by atoms with Crippen molar-refractivity contribution in [2.45, 2.75) is 25.2 Å².